The Labute approximate surface area is 160 Å². The third-order valence-corrected chi connectivity index (χ3v) is 4.20. The standard InChI is InChI=1S/C19H20N4O5/c1-27-10-8-22-16(20)15(17(24)21-19(22)26)23(11-13-5-3-2-4-6-13)18(25)14-7-9-28-12-14/h2-7,9,12H,8,10-11,20H2,1H3,(H,21,24,26). The predicted octanol–water partition coefficient (Wildman–Crippen LogP) is 1.21. The number of nitrogens with zero attached hydrogens (tertiary/aromatic N) is 2. The van der Waals surface area contributed by atoms with E-state index in [4.69, 9.17) is 14.9 Å². The minimum atomic E-state index is -0.746. The Morgan fingerprint density at radius 1 is 1.25 bits per heavy atom. The Balaban J connectivity index is 2.13. The molecule has 28 heavy (non-hydrogen) atoms. The molecule has 0 atom stereocenters. The first-order chi connectivity index (χ1) is 13.5. The van der Waals surface area contributed by atoms with Crippen LogP contribution in [0.25, 0.3) is 0 Å². The van der Waals surface area contributed by atoms with Crippen LogP contribution < -0.4 is 21.9 Å². The van der Waals surface area contributed by atoms with Gasteiger partial charge in [-0.15, -0.1) is 0 Å². The zero-order chi connectivity index (χ0) is 20.1. The van der Waals surface area contributed by atoms with Gasteiger partial charge in [-0.1, -0.05) is 30.3 Å². The number of hydrogen-bond donors (Lipinski definition) is 2. The van der Waals surface area contributed by atoms with Gasteiger partial charge in [0, 0.05) is 7.11 Å². The number of nitrogen functional groups attached to an aromatic ring is 1. The second-order valence-electron chi connectivity index (χ2n) is 6.03. The van der Waals surface area contributed by atoms with Crippen molar-refractivity contribution in [2.24, 2.45) is 0 Å². The molecule has 0 radical (unpaired) electrons. The van der Waals surface area contributed by atoms with Crippen molar-refractivity contribution >= 4 is 17.4 Å². The molecule has 3 rings (SSSR count). The number of H-pyrrole nitrogens is 1. The number of carbonyl (C=O) groups is 1. The van der Waals surface area contributed by atoms with Crippen LogP contribution in [0.2, 0.25) is 0 Å². The van der Waals surface area contributed by atoms with E-state index in [-0.39, 0.29) is 36.8 Å². The molecule has 0 spiro atoms. The van der Waals surface area contributed by atoms with Crippen LogP contribution >= 0.6 is 0 Å². The van der Waals surface area contributed by atoms with Gasteiger partial charge in [0.15, 0.2) is 5.69 Å². The molecule has 0 bridgehead atoms. The van der Waals surface area contributed by atoms with E-state index in [0.717, 1.165) is 5.56 Å². The van der Waals surface area contributed by atoms with Crippen LogP contribution in [0.1, 0.15) is 15.9 Å². The topological polar surface area (TPSA) is 124 Å². The van der Waals surface area contributed by atoms with Gasteiger partial charge >= 0.3 is 5.69 Å². The minimum Gasteiger partial charge on any atom is -0.472 e. The molecular weight excluding hydrogens is 364 g/mol. The fourth-order valence-electron chi connectivity index (χ4n) is 2.80. The Bertz CT molecular complexity index is 1050. The van der Waals surface area contributed by atoms with E-state index in [0.29, 0.717) is 0 Å². The lowest BCUT2D eigenvalue weighted by Gasteiger charge is -2.24. The smallest absolute Gasteiger partial charge is 0.330 e. The number of aromatic amines is 1. The number of methoxy groups -OCH3 is 1. The largest absolute Gasteiger partial charge is 0.472 e. The van der Waals surface area contributed by atoms with Crippen molar-refractivity contribution in [2.45, 2.75) is 13.1 Å². The highest BCUT2D eigenvalue weighted by Crippen LogP contribution is 2.22. The van der Waals surface area contributed by atoms with Gasteiger partial charge in [-0.05, 0) is 11.6 Å². The van der Waals surface area contributed by atoms with Gasteiger partial charge in [0.1, 0.15) is 12.1 Å². The summed E-state index contributed by atoms with van der Waals surface area (Å²) in [5.74, 6) is -0.592. The van der Waals surface area contributed by atoms with Crippen LogP contribution in [0.5, 0.6) is 0 Å². The van der Waals surface area contributed by atoms with Gasteiger partial charge in [-0.2, -0.15) is 0 Å². The van der Waals surface area contributed by atoms with Crippen LogP contribution in [0.4, 0.5) is 11.5 Å². The number of nitrogens with one attached hydrogen (secondary N) is 1. The molecule has 0 aliphatic carbocycles. The molecule has 146 valence electrons. The van der Waals surface area contributed by atoms with Crippen LogP contribution in [0.15, 0.2) is 62.9 Å². The third-order valence-electron chi connectivity index (χ3n) is 4.20. The number of rotatable bonds is 7. The molecule has 1 amide bonds. The van der Waals surface area contributed by atoms with E-state index in [9.17, 15) is 14.4 Å². The van der Waals surface area contributed by atoms with Gasteiger partial charge in [0.05, 0.1) is 31.5 Å². The summed E-state index contributed by atoms with van der Waals surface area (Å²) in [5.41, 5.74) is 5.66. The van der Waals surface area contributed by atoms with E-state index in [1.165, 1.54) is 35.2 Å². The lowest BCUT2D eigenvalue weighted by molar-refractivity contribution is 0.0984. The number of nitrogens with two attached hydrogens (primary N) is 1. The number of ether oxygens (including phenoxy) is 1. The van der Waals surface area contributed by atoms with Gasteiger partial charge in [0.2, 0.25) is 0 Å². The minimum absolute atomic E-state index is 0.0839. The fourth-order valence-corrected chi connectivity index (χ4v) is 2.80. The maximum absolute atomic E-state index is 13.1. The summed E-state index contributed by atoms with van der Waals surface area (Å²) in [6, 6.07) is 10.6. The number of anilines is 2. The molecule has 0 fully saturated rings. The molecular formula is C19H20N4O5. The number of furan rings is 1. The molecule has 3 N–H and O–H groups in total. The van der Waals surface area contributed by atoms with Crippen LogP contribution in [0.3, 0.4) is 0 Å². The van der Waals surface area contributed by atoms with Crippen LogP contribution in [-0.4, -0.2) is 29.2 Å². The second-order valence-corrected chi connectivity index (χ2v) is 6.03. The van der Waals surface area contributed by atoms with Crippen LogP contribution in [-0.2, 0) is 17.8 Å². The molecule has 9 nitrogen and oxygen atoms in total. The van der Waals surface area contributed by atoms with Gasteiger partial charge in [0.25, 0.3) is 11.5 Å². The average Bonchev–Trinajstić information content (AvgIpc) is 3.22. The summed E-state index contributed by atoms with van der Waals surface area (Å²) in [7, 11) is 1.48. The van der Waals surface area contributed by atoms with Crippen molar-refractivity contribution in [1.82, 2.24) is 9.55 Å². The molecule has 0 saturated carbocycles. The quantitative estimate of drug-likeness (QED) is 0.631. The molecule has 9 heteroatoms. The first-order valence-electron chi connectivity index (χ1n) is 8.52. The fraction of sp³-hybridized carbons (Fsp3) is 0.211. The highest BCUT2D eigenvalue weighted by atomic mass is 16.5. The van der Waals surface area contributed by atoms with Crippen molar-refractivity contribution in [3.05, 3.63) is 80.9 Å². The summed E-state index contributed by atoms with van der Waals surface area (Å²) in [5, 5.41) is 0. The van der Waals surface area contributed by atoms with E-state index < -0.39 is 17.2 Å². The molecule has 0 aliphatic heterocycles. The number of hydrogen-bond acceptors (Lipinski definition) is 6. The zero-order valence-electron chi connectivity index (χ0n) is 15.3. The monoisotopic (exact) mass is 384 g/mol. The SMILES string of the molecule is COCCn1c(N)c(N(Cc2ccccc2)C(=O)c2ccoc2)c(=O)[nH]c1=O. The van der Waals surface area contributed by atoms with E-state index in [2.05, 4.69) is 4.98 Å². The lowest BCUT2D eigenvalue weighted by Crippen LogP contribution is -2.41. The second kappa shape index (κ2) is 8.40. The highest BCUT2D eigenvalue weighted by Gasteiger charge is 2.26. The third kappa shape index (κ3) is 3.89. The summed E-state index contributed by atoms with van der Waals surface area (Å²) in [6.07, 6.45) is 2.65. The Kier molecular flexibility index (Phi) is 5.75. The van der Waals surface area contributed by atoms with Crippen molar-refractivity contribution in [1.29, 1.82) is 0 Å². The van der Waals surface area contributed by atoms with Crippen molar-refractivity contribution in [3.8, 4) is 0 Å². The summed E-state index contributed by atoms with van der Waals surface area (Å²) >= 11 is 0. The summed E-state index contributed by atoms with van der Waals surface area (Å²) in [6.45, 7) is 0.425. The molecule has 0 aliphatic rings. The van der Waals surface area contributed by atoms with Gasteiger partial charge in [-0.25, -0.2) is 4.79 Å². The van der Waals surface area contributed by atoms with Crippen molar-refractivity contribution < 1.29 is 13.9 Å². The first-order valence-corrected chi connectivity index (χ1v) is 8.52. The zero-order valence-corrected chi connectivity index (χ0v) is 15.3. The number of carbonyl (C=O) groups excluding carboxylic acids is 1. The number of benzene rings is 1. The first kappa shape index (κ1) is 19.2. The van der Waals surface area contributed by atoms with Crippen molar-refractivity contribution in [3.63, 3.8) is 0 Å². The summed E-state index contributed by atoms with van der Waals surface area (Å²) in [4.78, 5) is 41.3. The average molecular weight is 384 g/mol. The summed E-state index contributed by atoms with van der Waals surface area (Å²) < 4.78 is 11.1. The number of aromatic nitrogens is 2. The van der Waals surface area contributed by atoms with Crippen molar-refractivity contribution in [2.75, 3.05) is 24.4 Å². The van der Waals surface area contributed by atoms with Crippen LogP contribution in [0, 0.1) is 0 Å². The Hall–Kier alpha value is -3.59. The molecule has 3 aromatic rings. The molecule has 1 aromatic carbocycles. The van der Waals surface area contributed by atoms with Gasteiger partial charge < -0.3 is 14.9 Å². The molecule has 2 aromatic heterocycles. The number of amides is 1. The van der Waals surface area contributed by atoms with E-state index >= 15 is 0 Å². The lowest BCUT2D eigenvalue weighted by atomic mass is 10.2. The maximum atomic E-state index is 13.1. The van der Waals surface area contributed by atoms with E-state index in [1.807, 2.05) is 30.3 Å². The normalized spacial score (nSPS) is 10.8. The highest BCUT2D eigenvalue weighted by molar-refractivity contribution is 6.06. The van der Waals surface area contributed by atoms with Gasteiger partial charge in [-0.3, -0.25) is 24.0 Å². The Morgan fingerprint density at radius 2 is 2.00 bits per heavy atom. The molecule has 0 unspecified atom stereocenters. The maximum Gasteiger partial charge on any atom is 0.330 e. The van der Waals surface area contributed by atoms with E-state index in [1.54, 1.807) is 0 Å². The predicted molar refractivity (Wildman–Crippen MR) is 103 cm³/mol. The Morgan fingerprint density at radius 3 is 2.64 bits per heavy atom. The molecule has 0 saturated heterocycles. The molecule has 2 heterocycles.